The Balaban J connectivity index is 2.48. The minimum Gasteiger partial charge on any atom is -0.478 e. The molecule has 0 saturated carbocycles. The van der Waals surface area contributed by atoms with Crippen LogP contribution in [0.3, 0.4) is 0 Å². The number of carboxylic acids is 1. The van der Waals surface area contributed by atoms with E-state index in [0.29, 0.717) is 11.3 Å². The van der Waals surface area contributed by atoms with Crippen LogP contribution >= 0.6 is 11.8 Å². The van der Waals surface area contributed by atoms with Crippen molar-refractivity contribution >= 4 is 17.7 Å². The highest BCUT2D eigenvalue weighted by Gasteiger charge is 1.98. The number of carbonyl (C=O) groups is 1. The zero-order valence-electron chi connectivity index (χ0n) is 8.24. The lowest BCUT2D eigenvalue weighted by Crippen LogP contribution is -1.96. The lowest BCUT2D eigenvalue weighted by Gasteiger charge is -1.98. The van der Waals surface area contributed by atoms with Crippen LogP contribution in [0, 0.1) is 5.82 Å². The van der Waals surface area contributed by atoms with Crippen LogP contribution in [0.4, 0.5) is 4.39 Å². The average molecular weight is 226 g/mol. The fourth-order valence-corrected chi connectivity index (χ4v) is 1.74. The molecule has 80 valence electrons. The molecule has 0 saturated heterocycles. The highest BCUT2D eigenvalue weighted by Crippen LogP contribution is 2.18. The van der Waals surface area contributed by atoms with Crippen molar-refractivity contribution in [3.8, 4) is 0 Å². The zero-order chi connectivity index (χ0) is 11.3. The lowest BCUT2D eigenvalue weighted by molar-refractivity contribution is -0.132. The summed E-state index contributed by atoms with van der Waals surface area (Å²) < 4.78 is 12.5. The molecular formula is C11H11FO2S. The highest BCUT2D eigenvalue weighted by molar-refractivity contribution is 7.99. The Morgan fingerprint density at radius 2 is 2.07 bits per heavy atom. The van der Waals surface area contributed by atoms with Crippen LogP contribution in [0.2, 0.25) is 0 Å². The number of benzene rings is 1. The second-order valence-electron chi connectivity index (χ2n) is 2.96. The third-order valence-corrected chi connectivity index (χ3v) is 2.73. The van der Waals surface area contributed by atoms with E-state index in [0.717, 1.165) is 4.90 Å². The average Bonchev–Trinajstić information content (AvgIpc) is 2.20. The van der Waals surface area contributed by atoms with E-state index in [1.54, 1.807) is 25.1 Å². The first kappa shape index (κ1) is 11.8. The summed E-state index contributed by atoms with van der Waals surface area (Å²) in [5, 5.41) is 8.59. The summed E-state index contributed by atoms with van der Waals surface area (Å²) in [7, 11) is 0. The van der Waals surface area contributed by atoms with Crippen LogP contribution in [-0.2, 0) is 4.79 Å². The second kappa shape index (κ2) is 5.56. The molecule has 0 amide bonds. The summed E-state index contributed by atoms with van der Waals surface area (Å²) in [5.41, 5.74) is 0.324. The highest BCUT2D eigenvalue weighted by atomic mass is 32.2. The Kier molecular flexibility index (Phi) is 4.37. The maximum Gasteiger partial charge on any atom is 0.330 e. The molecule has 15 heavy (non-hydrogen) atoms. The molecule has 0 heterocycles. The van der Waals surface area contributed by atoms with Gasteiger partial charge in [0.25, 0.3) is 0 Å². The quantitative estimate of drug-likeness (QED) is 0.633. The predicted octanol–water partition coefficient (Wildman–Crippen LogP) is 2.95. The summed E-state index contributed by atoms with van der Waals surface area (Å²) in [5.74, 6) is -0.602. The van der Waals surface area contributed by atoms with E-state index >= 15 is 0 Å². The summed E-state index contributed by atoms with van der Waals surface area (Å²) in [6, 6.07) is 6.11. The molecule has 1 aromatic rings. The molecule has 0 unspecified atom stereocenters. The zero-order valence-corrected chi connectivity index (χ0v) is 9.05. The number of thioether (sulfide) groups is 1. The number of halogens is 1. The Morgan fingerprint density at radius 3 is 2.60 bits per heavy atom. The second-order valence-corrected chi connectivity index (χ2v) is 4.05. The molecule has 0 aliphatic heterocycles. The van der Waals surface area contributed by atoms with E-state index in [1.165, 1.54) is 23.9 Å². The van der Waals surface area contributed by atoms with Crippen LogP contribution in [0.25, 0.3) is 0 Å². The van der Waals surface area contributed by atoms with E-state index in [4.69, 9.17) is 5.11 Å². The molecule has 0 aliphatic rings. The van der Waals surface area contributed by atoms with Crippen molar-refractivity contribution in [1.82, 2.24) is 0 Å². The fourth-order valence-electron chi connectivity index (χ4n) is 0.881. The molecule has 1 N–H and O–H groups in total. The smallest absolute Gasteiger partial charge is 0.330 e. The number of rotatable bonds is 4. The number of hydrogen-bond acceptors (Lipinski definition) is 2. The Bertz CT molecular complexity index is 371. The van der Waals surface area contributed by atoms with Gasteiger partial charge in [-0.3, -0.25) is 0 Å². The van der Waals surface area contributed by atoms with Gasteiger partial charge in [-0.05, 0) is 31.2 Å². The van der Waals surface area contributed by atoms with Crippen LogP contribution in [0.1, 0.15) is 6.92 Å². The molecule has 2 nitrogen and oxygen atoms in total. The van der Waals surface area contributed by atoms with E-state index < -0.39 is 5.97 Å². The van der Waals surface area contributed by atoms with Gasteiger partial charge in [0.15, 0.2) is 0 Å². The van der Waals surface area contributed by atoms with Crippen molar-refractivity contribution < 1.29 is 14.3 Å². The van der Waals surface area contributed by atoms with Crippen molar-refractivity contribution in [2.75, 3.05) is 5.75 Å². The Morgan fingerprint density at radius 1 is 1.47 bits per heavy atom. The summed E-state index contributed by atoms with van der Waals surface area (Å²) in [4.78, 5) is 11.4. The summed E-state index contributed by atoms with van der Waals surface area (Å²) in [6.07, 6.45) is 1.64. The SMILES string of the molecule is CC(=CCSc1ccc(F)cc1)C(=O)O. The van der Waals surface area contributed by atoms with E-state index in [1.807, 2.05) is 0 Å². The van der Waals surface area contributed by atoms with Gasteiger partial charge in [-0.1, -0.05) is 6.08 Å². The van der Waals surface area contributed by atoms with Crippen molar-refractivity contribution in [3.05, 3.63) is 41.7 Å². The van der Waals surface area contributed by atoms with Crippen LogP contribution in [0.15, 0.2) is 40.8 Å². The van der Waals surface area contributed by atoms with Crippen molar-refractivity contribution in [1.29, 1.82) is 0 Å². The van der Waals surface area contributed by atoms with Crippen molar-refractivity contribution in [2.45, 2.75) is 11.8 Å². The predicted molar refractivity (Wildman–Crippen MR) is 58.5 cm³/mol. The topological polar surface area (TPSA) is 37.3 Å². The van der Waals surface area contributed by atoms with Gasteiger partial charge in [0.1, 0.15) is 5.82 Å². The molecular weight excluding hydrogens is 215 g/mol. The largest absolute Gasteiger partial charge is 0.478 e. The normalized spacial score (nSPS) is 11.5. The Labute approximate surface area is 91.8 Å². The van der Waals surface area contributed by atoms with Gasteiger partial charge in [-0.2, -0.15) is 0 Å². The first-order valence-electron chi connectivity index (χ1n) is 4.38. The fraction of sp³-hybridized carbons (Fsp3) is 0.182. The van der Waals surface area contributed by atoms with Gasteiger partial charge in [0.2, 0.25) is 0 Å². The number of carboxylic acid groups (broad SMARTS) is 1. The molecule has 1 aromatic carbocycles. The molecule has 0 fully saturated rings. The monoisotopic (exact) mass is 226 g/mol. The van der Waals surface area contributed by atoms with Gasteiger partial charge in [-0.15, -0.1) is 11.8 Å². The maximum atomic E-state index is 12.5. The van der Waals surface area contributed by atoms with Crippen molar-refractivity contribution in [3.63, 3.8) is 0 Å². The van der Waals surface area contributed by atoms with Gasteiger partial charge < -0.3 is 5.11 Å². The van der Waals surface area contributed by atoms with Crippen LogP contribution in [-0.4, -0.2) is 16.8 Å². The Hall–Kier alpha value is -1.29. The summed E-state index contributed by atoms with van der Waals surface area (Å²) in [6.45, 7) is 1.55. The maximum absolute atomic E-state index is 12.5. The molecule has 0 spiro atoms. The molecule has 0 bridgehead atoms. The first-order valence-corrected chi connectivity index (χ1v) is 5.36. The standard InChI is InChI=1S/C11H11FO2S/c1-8(11(13)14)6-7-15-10-4-2-9(12)3-5-10/h2-6H,7H2,1H3,(H,13,14). The van der Waals surface area contributed by atoms with Gasteiger partial charge >= 0.3 is 5.97 Å². The molecule has 0 radical (unpaired) electrons. The minimum atomic E-state index is -0.908. The lowest BCUT2D eigenvalue weighted by atomic mass is 10.3. The van der Waals surface area contributed by atoms with Crippen LogP contribution in [0.5, 0.6) is 0 Å². The number of aliphatic carboxylic acids is 1. The van der Waals surface area contributed by atoms with Gasteiger partial charge in [0, 0.05) is 16.2 Å². The molecule has 1 rings (SSSR count). The molecule has 0 aliphatic carbocycles. The van der Waals surface area contributed by atoms with E-state index in [-0.39, 0.29) is 5.82 Å². The molecule has 4 heteroatoms. The van der Waals surface area contributed by atoms with E-state index in [2.05, 4.69) is 0 Å². The van der Waals surface area contributed by atoms with Crippen LogP contribution < -0.4 is 0 Å². The number of hydrogen-bond donors (Lipinski definition) is 1. The molecule has 0 atom stereocenters. The molecule has 0 aromatic heterocycles. The minimum absolute atomic E-state index is 0.267. The van der Waals surface area contributed by atoms with Gasteiger partial charge in [0.05, 0.1) is 0 Å². The van der Waals surface area contributed by atoms with E-state index in [9.17, 15) is 9.18 Å². The van der Waals surface area contributed by atoms with Gasteiger partial charge in [-0.25, -0.2) is 9.18 Å². The third kappa shape index (κ3) is 4.16. The first-order chi connectivity index (χ1) is 7.09. The summed E-state index contributed by atoms with van der Waals surface area (Å²) >= 11 is 1.47. The van der Waals surface area contributed by atoms with Crippen molar-refractivity contribution in [2.24, 2.45) is 0 Å². The third-order valence-electron chi connectivity index (χ3n) is 1.79.